The summed E-state index contributed by atoms with van der Waals surface area (Å²) >= 11 is 4.88. The van der Waals surface area contributed by atoms with Crippen LogP contribution in [0.1, 0.15) is 16.1 Å². The highest BCUT2D eigenvalue weighted by Gasteiger charge is 2.29. The van der Waals surface area contributed by atoms with Crippen LogP contribution >= 0.6 is 12.2 Å². The number of fused-ring (bicyclic) bond motifs is 3. The molecule has 0 bridgehead atoms. The van der Waals surface area contributed by atoms with Crippen molar-refractivity contribution in [3.63, 3.8) is 0 Å². The van der Waals surface area contributed by atoms with E-state index in [2.05, 4.69) is 15.2 Å². The van der Waals surface area contributed by atoms with Crippen LogP contribution in [0, 0.1) is 4.77 Å². The topological polar surface area (TPSA) is 90.1 Å². The van der Waals surface area contributed by atoms with Gasteiger partial charge in [0.2, 0.25) is 10.6 Å². The van der Waals surface area contributed by atoms with Gasteiger partial charge in [0, 0.05) is 11.1 Å². The second kappa shape index (κ2) is 3.58. The number of nitrogens with zero attached hydrogens (tertiary/aromatic N) is 2. The van der Waals surface area contributed by atoms with Crippen molar-refractivity contribution in [2.75, 3.05) is 0 Å². The average Bonchev–Trinajstić information content (AvgIpc) is 2.54. The number of hydrogen-bond donors (Lipinski definition) is 1. The van der Waals surface area contributed by atoms with Crippen molar-refractivity contribution < 1.29 is 10.3 Å². The molecule has 0 atom stereocenters. The fourth-order valence-corrected chi connectivity index (χ4v) is 1.83. The number of benzene rings is 1. The Morgan fingerprint density at radius 3 is 2.56 bits per heavy atom. The molecule has 1 aliphatic carbocycles. The molecule has 80 valence electrons. The van der Waals surface area contributed by atoms with Crippen LogP contribution in [0.2, 0.25) is 0 Å². The minimum Gasteiger partial charge on any atom is -0.412 e. The van der Waals surface area contributed by atoms with Crippen LogP contribution in [0.3, 0.4) is 0 Å². The fraction of sp³-hybridized carbons (Fsp3) is 0. The monoisotopic (exact) mass is 233 g/mol. The number of ketones is 1. The molecule has 3 rings (SSSR count). The molecule has 0 saturated heterocycles. The van der Waals surface area contributed by atoms with Gasteiger partial charge >= 0.3 is 0 Å². The molecule has 6 heteroatoms. The van der Waals surface area contributed by atoms with Gasteiger partial charge in [-0.1, -0.05) is 24.3 Å². The maximum Gasteiger partial charge on any atom is 0.216 e. The van der Waals surface area contributed by atoms with Gasteiger partial charge < -0.3 is 5.48 Å². The van der Waals surface area contributed by atoms with E-state index in [0.29, 0.717) is 21.7 Å². The second-order valence-electron chi connectivity index (χ2n) is 3.21. The first-order valence-corrected chi connectivity index (χ1v) is 4.79. The Kier molecular flexibility index (Phi) is 2.37. The number of hydrogen-bond acceptors (Lipinski definition) is 4. The smallest absolute Gasteiger partial charge is 0.216 e. The Morgan fingerprint density at radius 2 is 1.81 bits per heavy atom. The molecule has 0 spiro atoms. The maximum atomic E-state index is 11.8. The number of H-pyrrole nitrogens is 1. The van der Waals surface area contributed by atoms with Crippen LogP contribution in [0.5, 0.6) is 0 Å². The molecule has 0 amide bonds. The molecule has 2 aromatic rings. The molecule has 0 aliphatic heterocycles. The van der Waals surface area contributed by atoms with Gasteiger partial charge in [-0.3, -0.25) is 9.89 Å². The minimum atomic E-state index is -0.0978. The van der Waals surface area contributed by atoms with E-state index < -0.39 is 0 Å². The van der Waals surface area contributed by atoms with Crippen LogP contribution in [0.4, 0.5) is 0 Å². The average molecular weight is 233 g/mol. The van der Waals surface area contributed by atoms with Gasteiger partial charge in [-0.25, -0.2) is 4.98 Å². The van der Waals surface area contributed by atoms with Gasteiger partial charge in [-0.15, -0.1) is 0 Å². The Hall–Kier alpha value is -1.92. The molecule has 0 saturated carbocycles. The number of nitrogens with one attached hydrogen (secondary N) is 1. The first kappa shape index (κ1) is 10.6. The summed E-state index contributed by atoms with van der Waals surface area (Å²) in [5, 5.41) is 6.44. The Balaban J connectivity index is 0.000000963. The molecule has 1 aliphatic rings. The molecule has 3 N–H and O–H groups in total. The van der Waals surface area contributed by atoms with Crippen molar-refractivity contribution in [2.45, 2.75) is 0 Å². The van der Waals surface area contributed by atoms with Crippen LogP contribution in [-0.4, -0.2) is 26.4 Å². The molecule has 16 heavy (non-hydrogen) atoms. The molecular weight excluding hydrogens is 226 g/mol. The highest BCUT2D eigenvalue weighted by molar-refractivity contribution is 7.71. The molecule has 0 radical (unpaired) electrons. The zero-order chi connectivity index (χ0) is 10.4. The van der Waals surface area contributed by atoms with Gasteiger partial charge in [0.1, 0.15) is 5.69 Å². The molecule has 0 fully saturated rings. The van der Waals surface area contributed by atoms with E-state index in [1.54, 1.807) is 6.07 Å². The molecular formula is C10H7N3O2S. The van der Waals surface area contributed by atoms with E-state index in [1.165, 1.54) is 0 Å². The van der Waals surface area contributed by atoms with Gasteiger partial charge in [0.05, 0.1) is 0 Å². The van der Waals surface area contributed by atoms with Crippen molar-refractivity contribution in [1.82, 2.24) is 15.2 Å². The SMILES string of the molecule is O.O=C1c2ccccc2-c2nc(=S)[nH]nc21. The quantitative estimate of drug-likeness (QED) is 0.584. The predicted molar refractivity (Wildman–Crippen MR) is 59.7 cm³/mol. The summed E-state index contributed by atoms with van der Waals surface area (Å²) in [5.74, 6) is -0.0978. The highest BCUT2D eigenvalue weighted by atomic mass is 32.1. The van der Waals surface area contributed by atoms with E-state index in [1.807, 2.05) is 18.2 Å². The van der Waals surface area contributed by atoms with Crippen LogP contribution < -0.4 is 0 Å². The third-order valence-electron chi connectivity index (χ3n) is 2.34. The van der Waals surface area contributed by atoms with Crippen molar-refractivity contribution in [2.24, 2.45) is 0 Å². The summed E-state index contributed by atoms with van der Waals surface area (Å²) in [5.41, 5.74) is 2.38. The Bertz CT molecular complexity index is 636. The van der Waals surface area contributed by atoms with E-state index in [9.17, 15) is 4.79 Å². The van der Waals surface area contributed by atoms with Gasteiger partial charge in [0.15, 0.2) is 5.69 Å². The third kappa shape index (κ3) is 1.28. The van der Waals surface area contributed by atoms with E-state index in [0.717, 1.165) is 5.56 Å². The molecule has 1 aromatic heterocycles. The summed E-state index contributed by atoms with van der Waals surface area (Å²) in [7, 11) is 0. The van der Waals surface area contributed by atoms with Crippen molar-refractivity contribution in [3.8, 4) is 11.3 Å². The number of rotatable bonds is 0. The summed E-state index contributed by atoms with van der Waals surface area (Å²) in [6.07, 6.45) is 0. The Morgan fingerprint density at radius 1 is 1.12 bits per heavy atom. The van der Waals surface area contributed by atoms with Gasteiger partial charge in [-0.2, -0.15) is 5.10 Å². The Labute approximate surface area is 95.5 Å². The van der Waals surface area contributed by atoms with Crippen molar-refractivity contribution in [1.29, 1.82) is 0 Å². The number of aromatic amines is 1. The third-order valence-corrected chi connectivity index (χ3v) is 2.53. The standard InChI is InChI=1S/C10H5N3OS.H2O/c14-9-6-4-2-1-3-5(6)7-8(9)12-13-10(15)11-7;/h1-4H,(H,11,13,15);1H2. The van der Waals surface area contributed by atoms with E-state index in [-0.39, 0.29) is 11.3 Å². The normalized spacial score (nSPS) is 11.6. The lowest BCUT2D eigenvalue weighted by molar-refractivity contribution is 0.103. The van der Waals surface area contributed by atoms with Crippen LogP contribution in [-0.2, 0) is 0 Å². The summed E-state index contributed by atoms with van der Waals surface area (Å²) < 4.78 is 0.290. The van der Waals surface area contributed by atoms with E-state index in [4.69, 9.17) is 12.2 Å². The lowest BCUT2D eigenvalue weighted by atomic mass is 10.1. The number of aromatic nitrogens is 3. The van der Waals surface area contributed by atoms with Crippen LogP contribution in [0.15, 0.2) is 24.3 Å². The molecule has 1 aromatic carbocycles. The summed E-state index contributed by atoms with van der Waals surface area (Å²) in [6, 6.07) is 7.30. The van der Waals surface area contributed by atoms with E-state index >= 15 is 0 Å². The van der Waals surface area contributed by atoms with Crippen molar-refractivity contribution in [3.05, 3.63) is 40.3 Å². The largest absolute Gasteiger partial charge is 0.412 e. The first-order valence-electron chi connectivity index (χ1n) is 4.38. The number of carbonyl (C=O) groups excluding carboxylic acids is 1. The summed E-state index contributed by atoms with van der Waals surface area (Å²) in [6.45, 7) is 0. The minimum absolute atomic E-state index is 0. The van der Waals surface area contributed by atoms with Gasteiger partial charge in [0.25, 0.3) is 0 Å². The van der Waals surface area contributed by atoms with Gasteiger partial charge in [-0.05, 0) is 12.2 Å². The lowest BCUT2D eigenvalue weighted by Crippen LogP contribution is -2.01. The zero-order valence-electron chi connectivity index (χ0n) is 8.02. The van der Waals surface area contributed by atoms with Crippen LogP contribution in [0.25, 0.3) is 11.3 Å². The molecule has 5 nitrogen and oxygen atoms in total. The number of carbonyl (C=O) groups is 1. The van der Waals surface area contributed by atoms with Crippen molar-refractivity contribution >= 4 is 18.0 Å². The molecule has 1 heterocycles. The zero-order valence-corrected chi connectivity index (χ0v) is 8.84. The first-order chi connectivity index (χ1) is 7.27. The molecule has 0 unspecified atom stereocenters. The lowest BCUT2D eigenvalue weighted by Gasteiger charge is -1.95. The summed E-state index contributed by atoms with van der Waals surface area (Å²) in [4.78, 5) is 16.0. The predicted octanol–water partition coefficient (Wildman–Crippen LogP) is 0.921. The highest BCUT2D eigenvalue weighted by Crippen LogP contribution is 2.32. The second-order valence-corrected chi connectivity index (χ2v) is 3.60. The fourth-order valence-electron chi connectivity index (χ4n) is 1.70. The maximum absolute atomic E-state index is 11.8.